The van der Waals surface area contributed by atoms with E-state index in [0.717, 1.165) is 24.8 Å². The zero-order chi connectivity index (χ0) is 22.9. The minimum Gasteiger partial charge on any atom is -0.461 e. The fourth-order valence-electron chi connectivity index (χ4n) is 4.27. The van der Waals surface area contributed by atoms with Crippen molar-refractivity contribution in [2.24, 2.45) is 5.92 Å². The molecule has 1 aliphatic rings. The van der Waals surface area contributed by atoms with Crippen molar-refractivity contribution in [1.29, 1.82) is 0 Å². The third-order valence-electron chi connectivity index (χ3n) is 6.31. The van der Waals surface area contributed by atoms with Crippen molar-refractivity contribution in [3.05, 3.63) is 60.2 Å². The van der Waals surface area contributed by atoms with Gasteiger partial charge in [0, 0.05) is 6.42 Å². The van der Waals surface area contributed by atoms with E-state index in [1.165, 1.54) is 57.8 Å². The molecule has 1 saturated heterocycles. The quantitative estimate of drug-likeness (QED) is 0.148. The minimum atomic E-state index is -0.371. The lowest BCUT2D eigenvalue weighted by molar-refractivity contribution is -0.187. The van der Waals surface area contributed by atoms with Gasteiger partial charge in [-0.15, -0.1) is 0 Å². The summed E-state index contributed by atoms with van der Waals surface area (Å²) in [5.41, 5.74) is 1.15. The average molecular weight is 441 g/mol. The van der Waals surface area contributed by atoms with Gasteiger partial charge in [0.05, 0.1) is 12.0 Å². The first-order valence-electron chi connectivity index (χ1n) is 12.9. The van der Waals surface area contributed by atoms with Gasteiger partial charge in [0.15, 0.2) is 0 Å². The smallest absolute Gasteiger partial charge is 0.313 e. The summed E-state index contributed by atoms with van der Waals surface area (Å²) in [6.07, 6.45) is 24.1. The van der Waals surface area contributed by atoms with Gasteiger partial charge >= 0.3 is 5.97 Å². The summed E-state index contributed by atoms with van der Waals surface area (Å²) in [7, 11) is 0. The molecular formula is C29H44O3. The molecular weight excluding hydrogens is 396 g/mol. The Morgan fingerprint density at radius 3 is 2.25 bits per heavy atom. The van der Waals surface area contributed by atoms with Crippen LogP contribution in [0.5, 0.6) is 0 Å². The molecule has 1 aromatic carbocycles. The molecule has 1 heterocycles. The summed E-state index contributed by atoms with van der Waals surface area (Å²) in [4.78, 5) is 11.8. The number of hydrogen-bond acceptors (Lipinski definition) is 3. The predicted molar refractivity (Wildman–Crippen MR) is 133 cm³/mol. The van der Waals surface area contributed by atoms with Crippen LogP contribution in [0.4, 0.5) is 0 Å². The Hall–Kier alpha value is -1.87. The molecule has 3 atom stereocenters. The lowest BCUT2D eigenvalue weighted by Crippen LogP contribution is -2.47. The Labute approximate surface area is 196 Å². The molecule has 1 unspecified atom stereocenters. The normalized spacial score (nSPS) is 19.4. The summed E-state index contributed by atoms with van der Waals surface area (Å²) >= 11 is 0. The second-order valence-corrected chi connectivity index (χ2v) is 9.18. The molecule has 0 saturated carbocycles. The number of aliphatic hydroxyl groups is 1. The van der Waals surface area contributed by atoms with Crippen LogP contribution in [0.15, 0.2) is 54.6 Å². The summed E-state index contributed by atoms with van der Waals surface area (Å²) < 4.78 is 5.31. The molecule has 1 N–H and O–H groups in total. The number of cyclic esters (lactones) is 1. The Balaban J connectivity index is 1.43. The Kier molecular flexibility index (Phi) is 13.8. The number of allylic oxidation sites excluding steroid dienone is 4. The summed E-state index contributed by atoms with van der Waals surface area (Å²) in [6.45, 7) is 2.24. The maximum Gasteiger partial charge on any atom is 0.313 e. The van der Waals surface area contributed by atoms with Crippen LogP contribution in [0, 0.1) is 5.92 Å². The number of carbonyl (C=O) groups excluding carboxylic acids is 1. The second kappa shape index (κ2) is 16.7. The number of esters is 1. The molecule has 3 nitrogen and oxygen atoms in total. The van der Waals surface area contributed by atoms with Crippen LogP contribution in [-0.2, 0) is 16.0 Å². The molecule has 0 bridgehead atoms. The topological polar surface area (TPSA) is 46.5 Å². The van der Waals surface area contributed by atoms with Gasteiger partial charge in [0.1, 0.15) is 6.10 Å². The van der Waals surface area contributed by atoms with Crippen molar-refractivity contribution in [3.63, 3.8) is 0 Å². The lowest BCUT2D eigenvalue weighted by atomic mass is 9.86. The number of unbranched alkanes of at least 4 members (excludes halogenated alkanes) is 8. The number of aliphatic hydroxyl groups excluding tert-OH is 1. The molecule has 0 aromatic heterocycles. The molecule has 178 valence electrons. The SMILES string of the molecule is CCCCC/C=C\C/C=C\CCCCCCCC(O)C[C@H]1OC(=O)[C@@H]1Cc1ccccc1. The molecule has 2 rings (SSSR count). The predicted octanol–water partition coefficient (Wildman–Crippen LogP) is 7.34. The number of carbonyl (C=O) groups is 1. The van der Waals surface area contributed by atoms with Gasteiger partial charge in [-0.1, -0.05) is 100 Å². The molecule has 1 fully saturated rings. The first kappa shape index (κ1) is 26.4. The van der Waals surface area contributed by atoms with Crippen LogP contribution < -0.4 is 0 Å². The third kappa shape index (κ3) is 11.1. The third-order valence-corrected chi connectivity index (χ3v) is 6.31. The van der Waals surface area contributed by atoms with E-state index in [9.17, 15) is 9.90 Å². The van der Waals surface area contributed by atoms with Crippen LogP contribution >= 0.6 is 0 Å². The van der Waals surface area contributed by atoms with Gasteiger partial charge in [-0.25, -0.2) is 0 Å². The Morgan fingerprint density at radius 2 is 1.56 bits per heavy atom. The highest BCUT2D eigenvalue weighted by atomic mass is 16.6. The molecule has 0 spiro atoms. The van der Waals surface area contributed by atoms with Crippen molar-refractivity contribution >= 4 is 5.97 Å². The number of benzene rings is 1. The molecule has 1 aromatic rings. The van der Waals surface area contributed by atoms with Crippen LogP contribution in [0.1, 0.15) is 96.0 Å². The van der Waals surface area contributed by atoms with Crippen LogP contribution in [-0.4, -0.2) is 23.3 Å². The Bertz CT molecular complexity index is 664. The van der Waals surface area contributed by atoms with E-state index >= 15 is 0 Å². The largest absolute Gasteiger partial charge is 0.461 e. The monoisotopic (exact) mass is 440 g/mol. The van der Waals surface area contributed by atoms with E-state index in [1.807, 2.05) is 30.3 Å². The molecule has 0 aliphatic carbocycles. The number of rotatable bonds is 18. The van der Waals surface area contributed by atoms with Gasteiger partial charge in [0.25, 0.3) is 0 Å². The standard InChI is InChI=1S/C29H44O3/c1-2-3-4-5-6-7-8-9-10-11-12-13-14-15-19-22-26(30)24-28-27(29(31)32-28)23-25-20-17-16-18-21-25/h6-7,9-10,16-18,20-21,26-28,30H,2-5,8,11-15,19,22-24H2,1H3/b7-6-,10-9-/t26?,27-,28-/m1/s1. The fourth-order valence-corrected chi connectivity index (χ4v) is 4.27. The zero-order valence-electron chi connectivity index (χ0n) is 20.1. The van der Waals surface area contributed by atoms with Gasteiger partial charge < -0.3 is 9.84 Å². The lowest BCUT2D eigenvalue weighted by Gasteiger charge is -2.36. The van der Waals surface area contributed by atoms with Crippen LogP contribution in [0.25, 0.3) is 0 Å². The summed E-state index contributed by atoms with van der Waals surface area (Å²) in [6, 6.07) is 10.1. The fraction of sp³-hybridized carbons (Fsp3) is 0.621. The van der Waals surface area contributed by atoms with E-state index in [2.05, 4.69) is 31.2 Å². The minimum absolute atomic E-state index is 0.100. The molecule has 0 radical (unpaired) electrons. The van der Waals surface area contributed by atoms with Crippen LogP contribution in [0.3, 0.4) is 0 Å². The maximum absolute atomic E-state index is 11.8. The van der Waals surface area contributed by atoms with E-state index in [4.69, 9.17) is 4.74 Å². The molecule has 1 aliphatic heterocycles. The second-order valence-electron chi connectivity index (χ2n) is 9.18. The highest BCUT2D eigenvalue weighted by Crippen LogP contribution is 2.30. The summed E-state index contributed by atoms with van der Waals surface area (Å²) in [5, 5.41) is 10.4. The van der Waals surface area contributed by atoms with E-state index < -0.39 is 0 Å². The van der Waals surface area contributed by atoms with Crippen molar-refractivity contribution < 1.29 is 14.6 Å². The van der Waals surface area contributed by atoms with Gasteiger partial charge in [-0.2, -0.15) is 0 Å². The van der Waals surface area contributed by atoms with Crippen molar-refractivity contribution in [2.75, 3.05) is 0 Å². The average Bonchev–Trinajstić information content (AvgIpc) is 2.80. The van der Waals surface area contributed by atoms with Gasteiger partial charge in [-0.05, 0) is 50.5 Å². The Morgan fingerprint density at radius 1 is 0.906 bits per heavy atom. The van der Waals surface area contributed by atoms with Gasteiger partial charge in [0.2, 0.25) is 0 Å². The maximum atomic E-state index is 11.8. The highest BCUT2D eigenvalue weighted by molar-refractivity contribution is 5.78. The molecule has 32 heavy (non-hydrogen) atoms. The molecule has 0 amide bonds. The van der Waals surface area contributed by atoms with E-state index in [-0.39, 0.29) is 24.1 Å². The van der Waals surface area contributed by atoms with Crippen molar-refractivity contribution in [2.45, 2.75) is 109 Å². The van der Waals surface area contributed by atoms with Crippen LogP contribution in [0.2, 0.25) is 0 Å². The van der Waals surface area contributed by atoms with Gasteiger partial charge in [-0.3, -0.25) is 4.79 Å². The van der Waals surface area contributed by atoms with Crippen molar-refractivity contribution in [3.8, 4) is 0 Å². The van der Waals surface area contributed by atoms with E-state index in [0.29, 0.717) is 12.8 Å². The number of ether oxygens (including phenoxy) is 1. The highest BCUT2D eigenvalue weighted by Gasteiger charge is 2.42. The first-order chi connectivity index (χ1) is 15.7. The van der Waals surface area contributed by atoms with Crippen molar-refractivity contribution in [1.82, 2.24) is 0 Å². The molecule has 3 heteroatoms. The zero-order valence-corrected chi connectivity index (χ0v) is 20.1. The summed E-state index contributed by atoms with van der Waals surface area (Å²) in [5.74, 6) is -0.222. The van der Waals surface area contributed by atoms with E-state index in [1.54, 1.807) is 0 Å². The first-order valence-corrected chi connectivity index (χ1v) is 12.9. The number of hydrogen-bond donors (Lipinski definition) is 1.